The summed E-state index contributed by atoms with van der Waals surface area (Å²) in [5.41, 5.74) is 6.61. The topological polar surface area (TPSA) is 111 Å². The van der Waals surface area contributed by atoms with Gasteiger partial charge in [0.25, 0.3) is 5.91 Å². The van der Waals surface area contributed by atoms with Crippen LogP contribution in [0.4, 0.5) is 33.2 Å². The van der Waals surface area contributed by atoms with E-state index in [2.05, 4.69) is 31.2 Å². The zero-order valence-electron chi connectivity index (χ0n) is 20.3. The van der Waals surface area contributed by atoms with Crippen molar-refractivity contribution in [3.8, 4) is 0 Å². The summed E-state index contributed by atoms with van der Waals surface area (Å²) in [5.74, 6) is 0.728. The summed E-state index contributed by atoms with van der Waals surface area (Å²) in [5, 5.41) is 12.4. The predicted octanol–water partition coefficient (Wildman–Crippen LogP) is 6.81. The first-order valence-corrected chi connectivity index (χ1v) is 12.2. The second-order valence-corrected chi connectivity index (χ2v) is 9.05. The Morgan fingerprint density at radius 1 is 0.973 bits per heavy atom. The number of imidazole rings is 1. The molecule has 0 unspecified atom stereocenters. The molecule has 0 radical (unpaired) electrons. The first kappa shape index (κ1) is 24.1. The zero-order valence-corrected chi connectivity index (χ0v) is 21.0. The molecule has 1 aliphatic heterocycles. The van der Waals surface area contributed by atoms with Crippen LogP contribution in [-0.2, 0) is 11.2 Å². The minimum atomic E-state index is -0.378. The maximum Gasteiger partial charge on any atom is 0.323 e. The largest absolute Gasteiger partial charge is 0.355 e. The van der Waals surface area contributed by atoms with Crippen molar-refractivity contribution in [1.29, 1.82) is 0 Å². The number of aryl methyl sites for hydroxylation is 2. The lowest BCUT2D eigenvalue weighted by atomic mass is 10.0. The van der Waals surface area contributed by atoms with Gasteiger partial charge in [-0.25, -0.2) is 9.78 Å². The van der Waals surface area contributed by atoms with Gasteiger partial charge in [-0.05, 0) is 61.5 Å². The van der Waals surface area contributed by atoms with Crippen molar-refractivity contribution < 1.29 is 9.59 Å². The van der Waals surface area contributed by atoms with Crippen LogP contribution in [-0.4, -0.2) is 21.9 Å². The number of amides is 3. The molecule has 1 aliphatic rings. The van der Waals surface area contributed by atoms with Crippen molar-refractivity contribution in [2.45, 2.75) is 20.3 Å². The lowest BCUT2D eigenvalue weighted by Gasteiger charge is -2.11. The summed E-state index contributed by atoms with van der Waals surface area (Å²) >= 11 is 5.98. The van der Waals surface area contributed by atoms with E-state index < -0.39 is 0 Å². The molecule has 3 aromatic carbocycles. The van der Waals surface area contributed by atoms with Crippen molar-refractivity contribution in [3.63, 3.8) is 0 Å². The molecular formula is C28H25ClN6O2. The summed E-state index contributed by atoms with van der Waals surface area (Å²) in [6, 6.07) is 19.6. The number of hydrogen-bond donors (Lipinski definition) is 5. The molecule has 0 atom stereocenters. The van der Waals surface area contributed by atoms with Crippen LogP contribution in [0.2, 0.25) is 5.02 Å². The van der Waals surface area contributed by atoms with E-state index in [1.54, 1.807) is 30.3 Å². The molecule has 4 aromatic rings. The molecule has 2 heterocycles. The highest BCUT2D eigenvalue weighted by Gasteiger charge is 2.25. The molecule has 0 bridgehead atoms. The van der Waals surface area contributed by atoms with Gasteiger partial charge >= 0.3 is 6.03 Å². The third kappa shape index (κ3) is 5.49. The number of rotatable bonds is 6. The Morgan fingerprint density at radius 3 is 2.41 bits per heavy atom. The Balaban J connectivity index is 1.29. The number of hydrogen-bond acceptors (Lipinski definition) is 4. The minimum absolute atomic E-state index is 0.162. The van der Waals surface area contributed by atoms with Crippen molar-refractivity contribution in [2.24, 2.45) is 0 Å². The summed E-state index contributed by atoms with van der Waals surface area (Å²) < 4.78 is 0. The molecule has 0 saturated heterocycles. The molecule has 9 heteroatoms. The molecule has 8 nitrogen and oxygen atoms in total. The van der Waals surface area contributed by atoms with Crippen LogP contribution in [0, 0.1) is 6.92 Å². The molecule has 186 valence electrons. The first-order chi connectivity index (χ1) is 17.9. The van der Waals surface area contributed by atoms with Gasteiger partial charge in [0.2, 0.25) is 0 Å². The SMILES string of the molecule is CCc1nc(C=C2C(=O)Nc3cc(Nc4cccc(NC(=O)Nc5cccc(Cl)c5)c4)ccc32)c(C)[nH]1. The van der Waals surface area contributed by atoms with Crippen LogP contribution in [0.1, 0.15) is 29.7 Å². The standard InChI is InChI=1S/C28H25ClN6O2/c1-3-26-30-16(2)24(34-26)15-23-22-11-10-21(14-25(22)35-27(23)36)31-19-8-5-9-20(13-19)33-28(37)32-18-7-4-6-17(29)12-18/h4-15,31H,3H2,1-2H3,(H,30,34)(H,35,36)(H2,32,33,37). The van der Waals surface area contributed by atoms with Crippen molar-refractivity contribution in [3.05, 3.63) is 94.5 Å². The molecule has 0 saturated carbocycles. The molecule has 5 N–H and O–H groups in total. The molecule has 37 heavy (non-hydrogen) atoms. The lowest BCUT2D eigenvalue weighted by molar-refractivity contribution is -0.110. The summed E-state index contributed by atoms with van der Waals surface area (Å²) in [7, 11) is 0. The number of H-pyrrole nitrogens is 1. The van der Waals surface area contributed by atoms with E-state index >= 15 is 0 Å². The third-order valence-corrected chi connectivity index (χ3v) is 6.12. The number of carbonyl (C=O) groups excluding carboxylic acids is 2. The normalized spacial score (nSPS) is 13.3. The highest BCUT2D eigenvalue weighted by Crippen LogP contribution is 2.36. The summed E-state index contributed by atoms with van der Waals surface area (Å²) in [4.78, 5) is 32.9. The number of urea groups is 1. The van der Waals surface area contributed by atoms with Gasteiger partial charge in [0.1, 0.15) is 5.82 Å². The fourth-order valence-electron chi connectivity index (χ4n) is 4.10. The van der Waals surface area contributed by atoms with E-state index in [0.717, 1.165) is 46.3 Å². The molecule has 0 fully saturated rings. The van der Waals surface area contributed by atoms with Crippen molar-refractivity contribution in [1.82, 2.24) is 9.97 Å². The predicted molar refractivity (Wildman–Crippen MR) is 149 cm³/mol. The average molecular weight is 513 g/mol. The number of anilines is 5. The summed E-state index contributed by atoms with van der Waals surface area (Å²) in [6.07, 6.45) is 2.62. The van der Waals surface area contributed by atoms with Gasteiger partial charge in [0.15, 0.2) is 0 Å². The van der Waals surface area contributed by atoms with E-state index in [1.165, 1.54) is 0 Å². The Kier molecular flexibility index (Phi) is 6.66. The Morgan fingerprint density at radius 2 is 1.68 bits per heavy atom. The fourth-order valence-corrected chi connectivity index (χ4v) is 4.29. The van der Waals surface area contributed by atoms with E-state index in [-0.39, 0.29) is 11.9 Å². The maximum absolute atomic E-state index is 12.7. The number of nitrogens with one attached hydrogen (secondary N) is 5. The number of fused-ring (bicyclic) bond motifs is 1. The number of benzene rings is 3. The van der Waals surface area contributed by atoms with E-state index in [9.17, 15) is 9.59 Å². The quantitative estimate of drug-likeness (QED) is 0.183. The first-order valence-electron chi connectivity index (χ1n) is 11.8. The molecule has 0 spiro atoms. The highest BCUT2D eigenvalue weighted by atomic mass is 35.5. The number of aromatic amines is 1. The number of halogens is 1. The molecule has 3 amide bonds. The van der Waals surface area contributed by atoms with E-state index in [1.807, 2.05) is 56.3 Å². The fraction of sp³-hybridized carbons (Fsp3) is 0.107. The minimum Gasteiger partial charge on any atom is -0.355 e. The Bertz CT molecular complexity index is 1540. The Labute approximate surface area is 219 Å². The smallest absolute Gasteiger partial charge is 0.323 e. The molecule has 5 rings (SSSR count). The van der Waals surface area contributed by atoms with Crippen LogP contribution in [0.25, 0.3) is 11.6 Å². The average Bonchev–Trinajstić information content (AvgIpc) is 3.37. The van der Waals surface area contributed by atoms with Gasteiger partial charge in [-0.1, -0.05) is 36.7 Å². The molecule has 0 aliphatic carbocycles. The van der Waals surface area contributed by atoms with Gasteiger partial charge < -0.3 is 26.3 Å². The van der Waals surface area contributed by atoms with Gasteiger partial charge in [0, 0.05) is 45.5 Å². The van der Waals surface area contributed by atoms with Gasteiger partial charge in [-0.2, -0.15) is 0 Å². The zero-order chi connectivity index (χ0) is 25.9. The lowest BCUT2D eigenvalue weighted by Crippen LogP contribution is -2.19. The van der Waals surface area contributed by atoms with Crippen LogP contribution >= 0.6 is 11.6 Å². The van der Waals surface area contributed by atoms with Crippen LogP contribution in [0.3, 0.4) is 0 Å². The summed E-state index contributed by atoms with van der Waals surface area (Å²) in [6.45, 7) is 3.98. The van der Waals surface area contributed by atoms with Crippen LogP contribution in [0.15, 0.2) is 66.7 Å². The van der Waals surface area contributed by atoms with Crippen LogP contribution < -0.4 is 21.3 Å². The van der Waals surface area contributed by atoms with Gasteiger partial charge in [-0.3, -0.25) is 4.79 Å². The Hall–Kier alpha value is -4.56. The monoisotopic (exact) mass is 512 g/mol. The van der Waals surface area contributed by atoms with E-state index in [4.69, 9.17) is 11.6 Å². The number of nitrogens with zero attached hydrogens (tertiary/aromatic N) is 1. The second kappa shape index (κ2) is 10.2. The molecule has 1 aromatic heterocycles. The van der Waals surface area contributed by atoms with E-state index in [0.29, 0.717) is 22.0 Å². The van der Waals surface area contributed by atoms with Crippen molar-refractivity contribution >= 4 is 63.6 Å². The van der Waals surface area contributed by atoms with Gasteiger partial charge in [-0.15, -0.1) is 0 Å². The highest BCUT2D eigenvalue weighted by molar-refractivity contribution is 6.35. The van der Waals surface area contributed by atoms with Gasteiger partial charge in [0.05, 0.1) is 17.0 Å². The number of carbonyl (C=O) groups is 2. The van der Waals surface area contributed by atoms with Crippen LogP contribution in [0.5, 0.6) is 0 Å². The third-order valence-electron chi connectivity index (χ3n) is 5.88. The number of aromatic nitrogens is 2. The van der Waals surface area contributed by atoms with Crippen molar-refractivity contribution in [2.75, 3.05) is 21.3 Å². The molecular weight excluding hydrogens is 488 g/mol. The maximum atomic E-state index is 12.7. The second-order valence-electron chi connectivity index (χ2n) is 8.62.